The van der Waals surface area contributed by atoms with E-state index >= 15 is 0 Å². The Morgan fingerprint density at radius 1 is 1.36 bits per heavy atom. The van der Waals surface area contributed by atoms with Gasteiger partial charge in [0, 0.05) is 17.0 Å². The first-order chi connectivity index (χ1) is 12.2. The molecule has 1 saturated carbocycles. The van der Waals surface area contributed by atoms with Crippen LogP contribution in [0.3, 0.4) is 0 Å². The van der Waals surface area contributed by atoms with Crippen LogP contribution in [-0.2, 0) is 4.79 Å². The number of aromatic nitrogens is 4. The molecule has 1 aromatic carbocycles. The number of hydrogen-bond acceptors (Lipinski definition) is 6. The fraction of sp³-hybridized carbons (Fsp3) is 0.294. The average molecular weight is 371 g/mol. The zero-order valence-corrected chi connectivity index (χ0v) is 15.3. The Kier molecular flexibility index (Phi) is 4.54. The molecule has 0 aliphatic heterocycles. The highest BCUT2D eigenvalue weighted by Crippen LogP contribution is 2.38. The quantitative estimate of drug-likeness (QED) is 0.666. The number of anilines is 1. The second-order valence-corrected chi connectivity index (χ2v) is 8.07. The van der Waals surface area contributed by atoms with Gasteiger partial charge in [-0.15, -0.1) is 21.5 Å². The molecule has 0 saturated heterocycles. The van der Waals surface area contributed by atoms with E-state index in [9.17, 15) is 4.79 Å². The van der Waals surface area contributed by atoms with E-state index in [2.05, 4.69) is 25.1 Å². The van der Waals surface area contributed by atoms with E-state index in [1.165, 1.54) is 23.1 Å². The van der Waals surface area contributed by atoms with Crippen LogP contribution < -0.4 is 5.32 Å². The number of carbonyl (C=O) groups excluding carboxylic acids is 1. The van der Waals surface area contributed by atoms with Gasteiger partial charge in [0.2, 0.25) is 5.91 Å². The molecule has 1 amide bonds. The van der Waals surface area contributed by atoms with Crippen LogP contribution in [0.2, 0.25) is 0 Å². The highest BCUT2D eigenvalue weighted by Gasteiger charge is 2.28. The highest BCUT2D eigenvalue weighted by atomic mass is 32.2. The highest BCUT2D eigenvalue weighted by molar-refractivity contribution is 8.00. The summed E-state index contributed by atoms with van der Waals surface area (Å²) in [6, 6.07) is 10.4. The van der Waals surface area contributed by atoms with Crippen LogP contribution in [0.5, 0.6) is 0 Å². The van der Waals surface area contributed by atoms with Gasteiger partial charge in [-0.25, -0.2) is 4.98 Å². The molecule has 1 fully saturated rings. The van der Waals surface area contributed by atoms with E-state index < -0.39 is 0 Å². The number of amides is 1. The minimum absolute atomic E-state index is 0.0793. The third-order valence-corrected chi connectivity index (χ3v) is 5.76. The third kappa shape index (κ3) is 3.74. The molecular formula is C17H17N5OS2. The Labute approximate surface area is 153 Å². The molecule has 128 valence electrons. The lowest BCUT2D eigenvalue weighted by molar-refractivity contribution is -0.115. The number of carbonyl (C=O) groups is 1. The SMILES string of the molecule is C[C@H](Sc1nncn1C1CC1)C(=O)Nc1nc(-c2ccccc2)cs1. The Morgan fingerprint density at radius 2 is 2.16 bits per heavy atom. The van der Waals surface area contributed by atoms with Gasteiger partial charge < -0.3 is 9.88 Å². The van der Waals surface area contributed by atoms with Crippen LogP contribution in [0.25, 0.3) is 11.3 Å². The van der Waals surface area contributed by atoms with Crippen molar-refractivity contribution in [3.8, 4) is 11.3 Å². The van der Waals surface area contributed by atoms with Crippen molar-refractivity contribution >= 4 is 34.1 Å². The zero-order valence-electron chi connectivity index (χ0n) is 13.6. The molecule has 6 nitrogen and oxygen atoms in total. The first kappa shape index (κ1) is 16.3. The van der Waals surface area contributed by atoms with Gasteiger partial charge in [0.1, 0.15) is 6.33 Å². The summed E-state index contributed by atoms with van der Waals surface area (Å²) in [4.78, 5) is 17.0. The van der Waals surface area contributed by atoms with E-state index in [0.717, 1.165) is 29.3 Å². The molecule has 0 spiro atoms. The molecule has 3 aromatic rings. The molecular weight excluding hydrogens is 354 g/mol. The molecule has 2 aromatic heterocycles. The normalized spacial score (nSPS) is 15.1. The second-order valence-electron chi connectivity index (χ2n) is 5.91. The maximum absolute atomic E-state index is 12.5. The lowest BCUT2D eigenvalue weighted by atomic mass is 10.2. The van der Waals surface area contributed by atoms with Crippen molar-refractivity contribution in [2.45, 2.75) is 36.2 Å². The number of rotatable bonds is 6. The van der Waals surface area contributed by atoms with Crippen molar-refractivity contribution < 1.29 is 4.79 Å². The predicted molar refractivity (Wildman–Crippen MR) is 99.8 cm³/mol. The average Bonchev–Trinajstić information content (AvgIpc) is 3.19. The maximum atomic E-state index is 12.5. The topological polar surface area (TPSA) is 72.7 Å². The lowest BCUT2D eigenvalue weighted by Gasteiger charge is -2.10. The fourth-order valence-electron chi connectivity index (χ4n) is 2.41. The van der Waals surface area contributed by atoms with E-state index in [1.807, 2.05) is 42.6 Å². The van der Waals surface area contributed by atoms with Crippen molar-refractivity contribution in [3.05, 3.63) is 42.0 Å². The molecule has 1 N–H and O–H groups in total. The van der Waals surface area contributed by atoms with Crippen LogP contribution in [0.1, 0.15) is 25.8 Å². The van der Waals surface area contributed by atoms with Crippen molar-refractivity contribution in [1.82, 2.24) is 19.7 Å². The van der Waals surface area contributed by atoms with Gasteiger partial charge in [-0.2, -0.15) is 0 Å². The molecule has 2 heterocycles. The Hall–Kier alpha value is -2.19. The van der Waals surface area contributed by atoms with Crippen molar-refractivity contribution in [1.29, 1.82) is 0 Å². The van der Waals surface area contributed by atoms with Crippen LogP contribution in [0, 0.1) is 0 Å². The Bertz CT molecular complexity index is 872. The van der Waals surface area contributed by atoms with Crippen molar-refractivity contribution in [3.63, 3.8) is 0 Å². The maximum Gasteiger partial charge on any atom is 0.239 e. The Morgan fingerprint density at radius 3 is 2.92 bits per heavy atom. The molecule has 1 aliphatic carbocycles. The molecule has 1 aliphatic rings. The lowest BCUT2D eigenvalue weighted by Crippen LogP contribution is -2.22. The van der Waals surface area contributed by atoms with Gasteiger partial charge in [-0.3, -0.25) is 4.79 Å². The van der Waals surface area contributed by atoms with Crippen LogP contribution in [-0.4, -0.2) is 30.9 Å². The number of thioether (sulfide) groups is 1. The van der Waals surface area contributed by atoms with Gasteiger partial charge in [0.25, 0.3) is 0 Å². The van der Waals surface area contributed by atoms with E-state index in [-0.39, 0.29) is 11.2 Å². The summed E-state index contributed by atoms with van der Waals surface area (Å²) >= 11 is 2.86. The summed E-state index contributed by atoms with van der Waals surface area (Å²) in [5.41, 5.74) is 1.91. The molecule has 25 heavy (non-hydrogen) atoms. The van der Waals surface area contributed by atoms with Gasteiger partial charge in [0.15, 0.2) is 10.3 Å². The standard InChI is InChI=1S/C17H17N5OS2/c1-11(25-17-21-18-10-22(17)13-7-8-13)15(23)20-16-19-14(9-24-16)12-5-3-2-4-6-12/h2-6,9-11,13H,7-8H2,1H3,(H,19,20,23)/t11-/m0/s1. The van der Waals surface area contributed by atoms with Crippen LogP contribution >= 0.6 is 23.1 Å². The summed E-state index contributed by atoms with van der Waals surface area (Å²) in [6.45, 7) is 1.87. The van der Waals surface area contributed by atoms with E-state index in [4.69, 9.17) is 0 Å². The largest absolute Gasteiger partial charge is 0.306 e. The first-order valence-electron chi connectivity index (χ1n) is 8.08. The summed E-state index contributed by atoms with van der Waals surface area (Å²) < 4.78 is 2.06. The van der Waals surface area contributed by atoms with Gasteiger partial charge in [-0.05, 0) is 19.8 Å². The number of nitrogens with one attached hydrogen (secondary N) is 1. The minimum Gasteiger partial charge on any atom is -0.306 e. The predicted octanol–water partition coefficient (Wildman–Crippen LogP) is 3.86. The third-order valence-electron chi connectivity index (χ3n) is 3.94. The van der Waals surface area contributed by atoms with Crippen molar-refractivity contribution in [2.75, 3.05) is 5.32 Å². The van der Waals surface area contributed by atoms with Gasteiger partial charge in [-0.1, -0.05) is 42.1 Å². The molecule has 0 bridgehead atoms. The molecule has 4 rings (SSSR count). The first-order valence-corrected chi connectivity index (χ1v) is 9.84. The fourth-order valence-corrected chi connectivity index (χ4v) is 4.03. The summed E-state index contributed by atoms with van der Waals surface area (Å²) in [6.07, 6.45) is 4.07. The summed E-state index contributed by atoms with van der Waals surface area (Å²) in [5, 5.41) is 14.1. The molecule has 0 radical (unpaired) electrons. The molecule has 8 heteroatoms. The Balaban J connectivity index is 1.40. The smallest absolute Gasteiger partial charge is 0.239 e. The molecule has 0 unspecified atom stereocenters. The van der Waals surface area contributed by atoms with Crippen LogP contribution in [0.15, 0.2) is 47.2 Å². The number of hydrogen-bond donors (Lipinski definition) is 1. The number of thiazole rings is 1. The zero-order chi connectivity index (χ0) is 17.2. The van der Waals surface area contributed by atoms with Crippen LogP contribution in [0.4, 0.5) is 5.13 Å². The number of nitrogens with zero attached hydrogens (tertiary/aromatic N) is 4. The summed E-state index contributed by atoms with van der Waals surface area (Å²) in [5.74, 6) is -0.0793. The van der Waals surface area contributed by atoms with Gasteiger partial charge in [0.05, 0.1) is 10.9 Å². The second kappa shape index (κ2) is 6.97. The molecule has 1 atom stereocenters. The summed E-state index contributed by atoms with van der Waals surface area (Å²) in [7, 11) is 0. The number of benzene rings is 1. The van der Waals surface area contributed by atoms with E-state index in [0.29, 0.717) is 11.2 Å². The van der Waals surface area contributed by atoms with E-state index in [1.54, 1.807) is 6.33 Å². The van der Waals surface area contributed by atoms with Gasteiger partial charge >= 0.3 is 0 Å². The van der Waals surface area contributed by atoms with Crippen molar-refractivity contribution in [2.24, 2.45) is 0 Å². The monoisotopic (exact) mass is 371 g/mol. The minimum atomic E-state index is -0.272.